The zero-order valence-corrected chi connectivity index (χ0v) is 20.8. The van der Waals surface area contributed by atoms with E-state index in [0.717, 1.165) is 44.3 Å². The summed E-state index contributed by atoms with van der Waals surface area (Å²) in [7, 11) is 2.00. The molecule has 2 aliphatic heterocycles. The van der Waals surface area contributed by atoms with Gasteiger partial charge in [0.05, 0.1) is 11.6 Å². The predicted molar refractivity (Wildman–Crippen MR) is 133 cm³/mol. The van der Waals surface area contributed by atoms with Crippen LogP contribution in [0.3, 0.4) is 0 Å². The second-order valence-electron chi connectivity index (χ2n) is 10.3. The van der Waals surface area contributed by atoms with Gasteiger partial charge >= 0.3 is 6.09 Å². The zero-order chi connectivity index (χ0) is 24.6. The average molecular weight is 483 g/mol. The standard InChI is InChI=1S/C26H35FN6O2/c1-17(18-4-5-19(22(27)14-18)15-32-12-9-21(28-3)10-13-32)30-24-29-11-8-23(31-24)33-25(34)35-16-26(33,2)20-6-7-20/h4-5,8,11,14,17,20-21,28H,6-7,9-10,12-13,15-16H2,1-3H3,(H,29,30,31)/t17-,26+/m0/s1. The molecule has 2 N–H and O–H groups in total. The van der Waals surface area contributed by atoms with Crippen molar-refractivity contribution >= 4 is 17.9 Å². The number of nitrogens with zero attached hydrogens (tertiary/aromatic N) is 4. The van der Waals surface area contributed by atoms with E-state index in [1.54, 1.807) is 23.2 Å². The first-order chi connectivity index (χ1) is 16.9. The van der Waals surface area contributed by atoms with Gasteiger partial charge in [0.1, 0.15) is 18.2 Å². The lowest BCUT2D eigenvalue weighted by Crippen LogP contribution is -2.47. The first-order valence-electron chi connectivity index (χ1n) is 12.6. The van der Waals surface area contributed by atoms with Gasteiger partial charge in [0, 0.05) is 24.3 Å². The molecular weight excluding hydrogens is 447 g/mol. The Labute approximate surface area is 206 Å². The number of aromatic nitrogens is 2. The van der Waals surface area contributed by atoms with E-state index in [1.807, 2.05) is 26.1 Å². The number of anilines is 2. The number of benzene rings is 1. The lowest BCUT2D eigenvalue weighted by atomic mass is 9.96. The molecular formula is C26H35FN6O2. The third-order valence-corrected chi connectivity index (χ3v) is 7.82. The maximum atomic E-state index is 15.0. The molecule has 1 aromatic heterocycles. The molecule has 3 fully saturated rings. The van der Waals surface area contributed by atoms with E-state index in [1.165, 1.54) is 0 Å². The van der Waals surface area contributed by atoms with Crippen LogP contribution in [0.1, 0.15) is 56.7 Å². The lowest BCUT2D eigenvalue weighted by Gasteiger charge is -2.32. The molecule has 8 nitrogen and oxygen atoms in total. The number of carbonyl (C=O) groups is 1. The molecule has 35 heavy (non-hydrogen) atoms. The highest BCUT2D eigenvalue weighted by Crippen LogP contribution is 2.47. The molecule has 2 atom stereocenters. The Balaban J connectivity index is 1.25. The SMILES string of the molecule is CNC1CCN(Cc2ccc([C@H](C)Nc3nccc(N4C(=O)OC[C@]4(C)C4CC4)n3)cc2F)CC1. The molecule has 2 saturated heterocycles. The van der Waals surface area contributed by atoms with Crippen LogP contribution >= 0.6 is 0 Å². The quantitative estimate of drug-likeness (QED) is 0.586. The summed E-state index contributed by atoms with van der Waals surface area (Å²) in [5.41, 5.74) is 1.15. The van der Waals surface area contributed by atoms with Crippen LogP contribution in [0.4, 0.5) is 21.0 Å². The molecule has 9 heteroatoms. The molecule has 1 saturated carbocycles. The largest absolute Gasteiger partial charge is 0.447 e. The van der Waals surface area contributed by atoms with Crippen molar-refractivity contribution in [1.29, 1.82) is 0 Å². The summed E-state index contributed by atoms with van der Waals surface area (Å²) in [5, 5.41) is 6.59. The van der Waals surface area contributed by atoms with Gasteiger partial charge < -0.3 is 15.4 Å². The Morgan fingerprint density at radius 1 is 1.23 bits per heavy atom. The van der Waals surface area contributed by atoms with Gasteiger partial charge in [-0.05, 0) is 83.3 Å². The summed E-state index contributed by atoms with van der Waals surface area (Å²) >= 11 is 0. The van der Waals surface area contributed by atoms with E-state index in [-0.39, 0.29) is 23.5 Å². The van der Waals surface area contributed by atoms with Crippen LogP contribution in [0.15, 0.2) is 30.5 Å². The van der Waals surface area contributed by atoms with E-state index in [4.69, 9.17) is 4.74 Å². The molecule has 0 radical (unpaired) electrons. The maximum absolute atomic E-state index is 15.0. The Hall–Kier alpha value is -2.78. The third-order valence-electron chi connectivity index (χ3n) is 7.82. The molecule has 188 valence electrons. The van der Waals surface area contributed by atoms with Crippen molar-refractivity contribution in [3.8, 4) is 0 Å². The lowest BCUT2D eigenvalue weighted by molar-refractivity contribution is 0.172. The zero-order valence-electron chi connectivity index (χ0n) is 20.8. The van der Waals surface area contributed by atoms with Gasteiger partial charge in [0.25, 0.3) is 0 Å². The molecule has 0 spiro atoms. The number of hydrogen-bond acceptors (Lipinski definition) is 7. The van der Waals surface area contributed by atoms with Crippen molar-refractivity contribution in [1.82, 2.24) is 20.2 Å². The predicted octanol–water partition coefficient (Wildman–Crippen LogP) is 4.10. The number of ether oxygens (including phenoxy) is 1. The first-order valence-corrected chi connectivity index (χ1v) is 12.6. The molecule has 1 aromatic carbocycles. The number of nitrogens with one attached hydrogen (secondary N) is 2. The molecule has 1 amide bonds. The number of cyclic esters (lactones) is 1. The maximum Gasteiger partial charge on any atom is 0.416 e. The van der Waals surface area contributed by atoms with E-state index >= 15 is 0 Å². The van der Waals surface area contributed by atoms with Gasteiger partial charge in [0.2, 0.25) is 5.95 Å². The van der Waals surface area contributed by atoms with Crippen molar-refractivity contribution in [2.75, 3.05) is 37.0 Å². The number of piperidine rings is 1. The highest BCUT2D eigenvalue weighted by atomic mass is 19.1. The van der Waals surface area contributed by atoms with Crippen LogP contribution in [0.2, 0.25) is 0 Å². The minimum atomic E-state index is -0.379. The molecule has 3 aliphatic rings. The van der Waals surface area contributed by atoms with E-state index in [0.29, 0.717) is 42.4 Å². The summed E-state index contributed by atoms with van der Waals surface area (Å²) < 4.78 is 20.3. The second-order valence-corrected chi connectivity index (χ2v) is 10.3. The van der Waals surface area contributed by atoms with Gasteiger partial charge in [-0.25, -0.2) is 14.2 Å². The van der Waals surface area contributed by atoms with Gasteiger partial charge in [-0.15, -0.1) is 0 Å². The fourth-order valence-corrected chi connectivity index (χ4v) is 5.31. The average Bonchev–Trinajstić information content (AvgIpc) is 3.67. The molecule has 0 bridgehead atoms. The van der Waals surface area contributed by atoms with Gasteiger partial charge in [-0.2, -0.15) is 4.98 Å². The van der Waals surface area contributed by atoms with Crippen LogP contribution in [0, 0.1) is 11.7 Å². The number of amides is 1. The first kappa shape index (κ1) is 23.9. The van der Waals surface area contributed by atoms with Crippen LogP contribution in [-0.2, 0) is 11.3 Å². The van der Waals surface area contributed by atoms with Crippen LogP contribution < -0.4 is 15.5 Å². The van der Waals surface area contributed by atoms with E-state index in [2.05, 4.69) is 32.4 Å². The smallest absolute Gasteiger partial charge is 0.416 e. The van der Waals surface area contributed by atoms with Crippen LogP contribution in [0.25, 0.3) is 0 Å². The Bertz CT molecular complexity index is 1070. The highest BCUT2D eigenvalue weighted by molar-refractivity contribution is 5.90. The van der Waals surface area contributed by atoms with Gasteiger partial charge in [-0.1, -0.05) is 12.1 Å². The number of rotatable bonds is 8. The van der Waals surface area contributed by atoms with E-state index < -0.39 is 0 Å². The number of carbonyl (C=O) groups excluding carboxylic acids is 1. The van der Waals surface area contributed by atoms with Crippen molar-refractivity contribution < 1.29 is 13.9 Å². The number of hydrogen-bond donors (Lipinski definition) is 2. The van der Waals surface area contributed by atoms with Crippen molar-refractivity contribution in [3.63, 3.8) is 0 Å². The number of likely N-dealkylation sites (tertiary alicyclic amines) is 1. The monoisotopic (exact) mass is 482 g/mol. The minimum Gasteiger partial charge on any atom is -0.447 e. The highest BCUT2D eigenvalue weighted by Gasteiger charge is 2.54. The number of halogens is 1. The molecule has 0 unspecified atom stereocenters. The Morgan fingerprint density at radius 2 is 2.00 bits per heavy atom. The molecule has 5 rings (SSSR count). The van der Waals surface area contributed by atoms with Crippen molar-refractivity contribution in [2.45, 2.75) is 63.7 Å². The second kappa shape index (κ2) is 9.70. The minimum absolute atomic E-state index is 0.193. The summed E-state index contributed by atoms with van der Waals surface area (Å²) in [6.07, 6.45) is 5.62. The summed E-state index contributed by atoms with van der Waals surface area (Å²) in [6.45, 7) is 6.96. The summed E-state index contributed by atoms with van der Waals surface area (Å²) in [6, 6.07) is 7.52. The summed E-state index contributed by atoms with van der Waals surface area (Å²) in [4.78, 5) is 25.4. The van der Waals surface area contributed by atoms with Crippen molar-refractivity contribution in [3.05, 3.63) is 47.4 Å². The molecule has 3 heterocycles. The Kier molecular flexibility index (Phi) is 6.63. The van der Waals surface area contributed by atoms with Gasteiger partial charge in [-0.3, -0.25) is 9.80 Å². The molecule has 2 aromatic rings. The third kappa shape index (κ3) is 4.97. The molecule has 1 aliphatic carbocycles. The van der Waals surface area contributed by atoms with Gasteiger partial charge in [0.15, 0.2) is 0 Å². The Morgan fingerprint density at radius 3 is 2.69 bits per heavy atom. The fourth-order valence-electron chi connectivity index (χ4n) is 5.31. The van der Waals surface area contributed by atoms with E-state index in [9.17, 15) is 9.18 Å². The topological polar surface area (TPSA) is 82.6 Å². The van der Waals surface area contributed by atoms with Crippen LogP contribution in [0.5, 0.6) is 0 Å². The normalized spacial score (nSPS) is 24.5. The van der Waals surface area contributed by atoms with Crippen molar-refractivity contribution in [2.24, 2.45) is 5.92 Å². The summed E-state index contributed by atoms with van der Waals surface area (Å²) in [5.74, 6) is 1.15. The van der Waals surface area contributed by atoms with Crippen LogP contribution in [-0.4, -0.2) is 59.3 Å². The fraction of sp³-hybridized carbons (Fsp3) is 0.577.